The summed E-state index contributed by atoms with van der Waals surface area (Å²) >= 11 is 6.11. The molecule has 1 amide bonds. The highest BCUT2D eigenvalue weighted by atomic mass is 35.7. The van der Waals surface area contributed by atoms with Crippen molar-refractivity contribution in [2.75, 3.05) is 22.9 Å². The number of aryl methyl sites for hydroxylation is 1. The van der Waals surface area contributed by atoms with Crippen LogP contribution in [0.1, 0.15) is 18.4 Å². The normalized spacial score (nSPS) is 20.1. The average Bonchev–Trinajstić information content (AvgIpc) is 3.01. The van der Waals surface area contributed by atoms with Gasteiger partial charge in [-0.1, -0.05) is 11.6 Å². The van der Waals surface area contributed by atoms with E-state index in [2.05, 4.69) is 4.90 Å². The fourth-order valence-electron chi connectivity index (χ4n) is 3.92. The third-order valence-electron chi connectivity index (χ3n) is 5.18. The summed E-state index contributed by atoms with van der Waals surface area (Å²) in [6.07, 6.45) is 2.67. The Bertz CT molecular complexity index is 993. The first-order valence-corrected chi connectivity index (χ1v) is 11.4. The molecule has 8 heteroatoms. The standard InChI is InChI=1S/C19H18Cl2N2O3S/c20-14-3-8-17-13(12-14)2-1-10-23(17)18-9-11-22(19(18)24)15-4-6-16(7-5-15)27(21,25)26/h3-8,12,18H,1-2,9-11H2. The molecule has 1 fully saturated rings. The van der Waals surface area contributed by atoms with Gasteiger partial charge in [-0.05, 0) is 67.3 Å². The molecule has 2 aliphatic rings. The molecule has 2 aromatic rings. The van der Waals surface area contributed by atoms with Crippen molar-refractivity contribution in [3.05, 3.63) is 53.1 Å². The molecular formula is C19H18Cl2N2O3S. The summed E-state index contributed by atoms with van der Waals surface area (Å²) in [5.41, 5.74) is 2.94. The highest BCUT2D eigenvalue weighted by molar-refractivity contribution is 8.13. The molecule has 0 aliphatic carbocycles. The molecule has 1 saturated heterocycles. The second kappa shape index (κ2) is 7.00. The lowest BCUT2D eigenvalue weighted by atomic mass is 9.99. The minimum absolute atomic E-state index is 0.0259. The van der Waals surface area contributed by atoms with Crippen LogP contribution in [0.15, 0.2) is 47.4 Å². The van der Waals surface area contributed by atoms with Crippen LogP contribution in [0.25, 0.3) is 0 Å². The van der Waals surface area contributed by atoms with Crippen LogP contribution in [0, 0.1) is 0 Å². The van der Waals surface area contributed by atoms with Crippen molar-refractivity contribution in [3.8, 4) is 0 Å². The van der Waals surface area contributed by atoms with Crippen LogP contribution >= 0.6 is 22.3 Å². The largest absolute Gasteiger partial charge is 0.359 e. The van der Waals surface area contributed by atoms with Gasteiger partial charge < -0.3 is 9.80 Å². The maximum Gasteiger partial charge on any atom is 0.261 e. The molecule has 2 aliphatic heterocycles. The summed E-state index contributed by atoms with van der Waals surface area (Å²) in [6, 6.07) is 11.7. The zero-order valence-electron chi connectivity index (χ0n) is 14.4. The molecule has 0 bridgehead atoms. The van der Waals surface area contributed by atoms with Gasteiger partial charge in [0.2, 0.25) is 5.91 Å². The van der Waals surface area contributed by atoms with E-state index in [1.807, 2.05) is 18.2 Å². The molecule has 142 valence electrons. The molecule has 2 aromatic carbocycles. The van der Waals surface area contributed by atoms with E-state index in [9.17, 15) is 13.2 Å². The van der Waals surface area contributed by atoms with E-state index in [-0.39, 0.29) is 16.8 Å². The molecule has 0 N–H and O–H groups in total. The van der Waals surface area contributed by atoms with Crippen molar-refractivity contribution in [3.63, 3.8) is 0 Å². The second-order valence-corrected chi connectivity index (χ2v) is 9.80. The number of amides is 1. The van der Waals surface area contributed by atoms with Gasteiger partial charge in [-0.15, -0.1) is 0 Å². The van der Waals surface area contributed by atoms with Crippen LogP contribution in [0.4, 0.5) is 11.4 Å². The molecule has 4 rings (SSSR count). The van der Waals surface area contributed by atoms with Crippen molar-refractivity contribution >= 4 is 48.6 Å². The monoisotopic (exact) mass is 424 g/mol. The zero-order chi connectivity index (χ0) is 19.2. The van der Waals surface area contributed by atoms with Gasteiger partial charge >= 0.3 is 0 Å². The van der Waals surface area contributed by atoms with E-state index in [0.717, 1.165) is 31.5 Å². The number of rotatable bonds is 3. The maximum absolute atomic E-state index is 13.1. The molecule has 1 unspecified atom stereocenters. The number of halogens is 2. The number of carbonyl (C=O) groups excluding carboxylic acids is 1. The Kier molecular flexibility index (Phi) is 4.82. The number of carbonyl (C=O) groups is 1. The van der Waals surface area contributed by atoms with Gasteiger partial charge in [0.05, 0.1) is 4.90 Å². The predicted molar refractivity (Wildman–Crippen MR) is 107 cm³/mol. The molecular weight excluding hydrogens is 407 g/mol. The van der Waals surface area contributed by atoms with Crippen LogP contribution in [0.5, 0.6) is 0 Å². The minimum Gasteiger partial charge on any atom is -0.359 e. The maximum atomic E-state index is 13.1. The third-order valence-corrected chi connectivity index (χ3v) is 6.78. The SMILES string of the molecule is O=C1C(N2CCCc3cc(Cl)ccc32)CCN1c1ccc(S(=O)(=O)Cl)cc1. The molecule has 2 heterocycles. The van der Waals surface area contributed by atoms with Crippen LogP contribution in [-0.4, -0.2) is 33.5 Å². The fourth-order valence-corrected chi connectivity index (χ4v) is 4.88. The first-order valence-electron chi connectivity index (χ1n) is 8.76. The Hall–Kier alpha value is -1.76. The number of hydrogen-bond acceptors (Lipinski definition) is 4. The Morgan fingerprint density at radius 3 is 2.48 bits per heavy atom. The van der Waals surface area contributed by atoms with E-state index in [4.69, 9.17) is 22.3 Å². The van der Waals surface area contributed by atoms with Crippen molar-refractivity contribution in [1.82, 2.24) is 0 Å². The van der Waals surface area contributed by atoms with E-state index >= 15 is 0 Å². The van der Waals surface area contributed by atoms with Crippen molar-refractivity contribution in [2.45, 2.75) is 30.2 Å². The van der Waals surface area contributed by atoms with Gasteiger partial charge in [-0.25, -0.2) is 8.42 Å². The average molecular weight is 425 g/mol. The lowest BCUT2D eigenvalue weighted by Crippen LogP contribution is -2.44. The van der Waals surface area contributed by atoms with Gasteiger partial charge in [0.15, 0.2) is 0 Å². The zero-order valence-corrected chi connectivity index (χ0v) is 16.8. The van der Waals surface area contributed by atoms with Crippen LogP contribution < -0.4 is 9.80 Å². The number of nitrogens with zero attached hydrogens (tertiary/aromatic N) is 2. The highest BCUT2D eigenvalue weighted by Crippen LogP contribution is 2.35. The Labute approximate surface area is 167 Å². The van der Waals surface area contributed by atoms with E-state index in [1.54, 1.807) is 17.0 Å². The van der Waals surface area contributed by atoms with Crippen molar-refractivity contribution < 1.29 is 13.2 Å². The van der Waals surface area contributed by atoms with Crippen LogP contribution in [-0.2, 0) is 20.3 Å². The van der Waals surface area contributed by atoms with Gasteiger partial charge in [-0.3, -0.25) is 4.79 Å². The molecule has 0 spiro atoms. The Morgan fingerprint density at radius 2 is 1.78 bits per heavy atom. The molecule has 0 saturated carbocycles. The predicted octanol–water partition coefficient (Wildman–Crippen LogP) is 3.83. The lowest BCUT2D eigenvalue weighted by molar-refractivity contribution is -0.118. The Balaban J connectivity index is 1.58. The summed E-state index contributed by atoms with van der Waals surface area (Å²) in [5.74, 6) is 0.0271. The molecule has 0 aromatic heterocycles. The van der Waals surface area contributed by atoms with Crippen LogP contribution in [0.2, 0.25) is 5.02 Å². The smallest absolute Gasteiger partial charge is 0.261 e. The number of hydrogen-bond donors (Lipinski definition) is 0. The summed E-state index contributed by atoms with van der Waals surface area (Å²) in [7, 11) is 1.59. The summed E-state index contributed by atoms with van der Waals surface area (Å²) < 4.78 is 22.8. The second-order valence-electron chi connectivity index (χ2n) is 6.80. The third kappa shape index (κ3) is 3.53. The molecule has 27 heavy (non-hydrogen) atoms. The topological polar surface area (TPSA) is 57.7 Å². The van der Waals surface area contributed by atoms with Gasteiger partial charge in [0, 0.05) is 40.2 Å². The van der Waals surface area contributed by atoms with Gasteiger partial charge in [0.25, 0.3) is 9.05 Å². The summed E-state index contributed by atoms with van der Waals surface area (Å²) in [5, 5.41) is 0.712. The minimum atomic E-state index is -3.77. The van der Waals surface area contributed by atoms with Gasteiger partial charge in [0.1, 0.15) is 6.04 Å². The van der Waals surface area contributed by atoms with Crippen molar-refractivity contribution in [1.29, 1.82) is 0 Å². The molecule has 0 radical (unpaired) electrons. The molecule has 5 nitrogen and oxygen atoms in total. The van der Waals surface area contributed by atoms with E-state index in [1.165, 1.54) is 17.7 Å². The quantitative estimate of drug-likeness (QED) is 0.702. The fraction of sp³-hybridized carbons (Fsp3) is 0.316. The number of fused-ring (bicyclic) bond motifs is 1. The highest BCUT2D eigenvalue weighted by Gasteiger charge is 2.38. The van der Waals surface area contributed by atoms with Crippen molar-refractivity contribution in [2.24, 2.45) is 0 Å². The van der Waals surface area contributed by atoms with E-state index in [0.29, 0.717) is 17.3 Å². The first-order chi connectivity index (χ1) is 12.8. The summed E-state index contributed by atoms with van der Waals surface area (Å²) in [4.78, 5) is 17.0. The number of anilines is 2. The lowest BCUT2D eigenvalue weighted by Gasteiger charge is -2.35. The van der Waals surface area contributed by atoms with Gasteiger partial charge in [-0.2, -0.15) is 0 Å². The van der Waals surface area contributed by atoms with E-state index < -0.39 is 9.05 Å². The number of benzene rings is 2. The van der Waals surface area contributed by atoms with Crippen LogP contribution in [0.3, 0.4) is 0 Å². The Morgan fingerprint density at radius 1 is 1.04 bits per heavy atom. The summed E-state index contributed by atoms with van der Waals surface area (Å²) in [6.45, 7) is 1.43. The molecule has 1 atom stereocenters. The first kappa shape index (κ1) is 18.6.